The zero-order valence-corrected chi connectivity index (χ0v) is 11.1. The average molecular weight is 335 g/mol. The van der Waals surface area contributed by atoms with Gasteiger partial charge in [-0.05, 0) is 12.1 Å². The molecule has 0 spiro atoms. The highest BCUT2D eigenvalue weighted by atomic mass is 19.4. The van der Waals surface area contributed by atoms with Crippen LogP contribution in [0.2, 0.25) is 0 Å². The number of alkyl halides is 6. The Bertz CT molecular complexity index is 825. The number of primary amides is 1. The number of carbonyl (C=O) groups excluding carboxylic acids is 1. The number of fused-ring (bicyclic) bond motifs is 1. The molecule has 2 rings (SSSR count). The lowest BCUT2D eigenvalue weighted by Crippen LogP contribution is -2.22. The summed E-state index contributed by atoms with van der Waals surface area (Å²) >= 11 is 0. The molecule has 1 aromatic carbocycles. The van der Waals surface area contributed by atoms with Crippen LogP contribution in [0.15, 0.2) is 18.2 Å². The largest absolute Gasteiger partial charge is 0.431 e. The number of nitrogens with zero attached hydrogens (tertiary/aromatic N) is 2. The molecule has 1 amide bonds. The Morgan fingerprint density at radius 2 is 1.78 bits per heavy atom. The topological polar surface area (TPSA) is 52.4 Å². The molecule has 0 radical (unpaired) electrons. The zero-order valence-electron chi connectivity index (χ0n) is 11.1. The Kier molecular flexibility index (Phi) is 3.76. The van der Waals surface area contributed by atoms with Crippen LogP contribution in [0.25, 0.3) is 15.7 Å². The molecule has 122 valence electrons. The van der Waals surface area contributed by atoms with Crippen molar-refractivity contribution in [1.82, 2.24) is 4.57 Å². The van der Waals surface area contributed by atoms with Gasteiger partial charge in [0.25, 0.3) is 0 Å². The third kappa shape index (κ3) is 2.94. The third-order valence-electron chi connectivity index (χ3n) is 3.07. The number of rotatable bonds is 2. The van der Waals surface area contributed by atoms with E-state index in [0.717, 1.165) is 12.1 Å². The van der Waals surface area contributed by atoms with Crippen molar-refractivity contribution in [1.29, 1.82) is 0 Å². The van der Waals surface area contributed by atoms with Gasteiger partial charge in [0.05, 0.1) is 12.1 Å². The van der Waals surface area contributed by atoms with Crippen molar-refractivity contribution in [2.24, 2.45) is 5.73 Å². The average Bonchev–Trinajstić information content (AvgIpc) is 2.74. The highest BCUT2D eigenvalue weighted by Crippen LogP contribution is 2.44. The molecule has 0 atom stereocenters. The maximum atomic E-state index is 13.1. The standard InChI is InChI=1S/C13H7F6N3O/c1-21-7-2-3-8-6(11(7)13(17,18)19)4-9(12(14,15)16)22(8)5-10(20)23/h2-4H,5H2,(H2,20,23). The van der Waals surface area contributed by atoms with Crippen molar-refractivity contribution < 1.29 is 31.1 Å². The maximum Gasteiger partial charge on any atom is 0.431 e. The minimum absolute atomic E-state index is 0.274. The van der Waals surface area contributed by atoms with E-state index in [4.69, 9.17) is 12.3 Å². The zero-order chi connectivity index (χ0) is 17.6. The van der Waals surface area contributed by atoms with E-state index >= 15 is 0 Å². The fraction of sp³-hybridized carbons (Fsp3) is 0.231. The first kappa shape index (κ1) is 16.7. The fourth-order valence-electron chi connectivity index (χ4n) is 2.28. The summed E-state index contributed by atoms with van der Waals surface area (Å²) in [5.41, 5.74) is 0.650. The van der Waals surface area contributed by atoms with E-state index in [2.05, 4.69) is 4.85 Å². The molecule has 0 aliphatic carbocycles. The molecule has 23 heavy (non-hydrogen) atoms. The van der Waals surface area contributed by atoms with Crippen LogP contribution >= 0.6 is 0 Å². The number of amides is 1. The molecular weight excluding hydrogens is 328 g/mol. The Labute approximate surface area is 124 Å². The monoisotopic (exact) mass is 335 g/mol. The number of carbonyl (C=O) groups is 1. The Morgan fingerprint density at radius 1 is 1.17 bits per heavy atom. The highest BCUT2D eigenvalue weighted by Gasteiger charge is 2.40. The minimum Gasteiger partial charge on any atom is -0.368 e. The molecule has 1 heterocycles. The quantitative estimate of drug-likeness (QED) is 0.660. The van der Waals surface area contributed by atoms with E-state index in [9.17, 15) is 31.1 Å². The van der Waals surface area contributed by atoms with Gasteiger partial charge in [-0.3, -0.25) is 4.79 Å². The Balaban J connectivity index is 2.95. The van der Waals surface area contributed by atoms with Gasteiger partial charge in [0.2, 0.25) is 5.91 Å². The maximum absolute atomic E-state index is 13.1. The predicted molar refractivity (Wildman–Crippen MR) is 67.4 cm³/mol. The van der Waals surface area contributed by atoms with Gasteiger partial charge in [0.1, 0.15) is 12.2 Å². The van der Waals surface area contributed by atoms with Crippen LogP contribution in [-0.4, -0.2) is 10.5 Å². The van der Waals surface area contributed by atoms with E-state index < -0.39 is 52.7 Å². The van der Waals surface area contributed by atoms with E-state index in [1.807, 2.05) is 0 Å². The number of benzene rings is 1. The lowest BCUT2D eigenvalue weighted by molar-refractivity contribution is -0.144. The highest BCUT2D eigenvalue weighted by molar-refractivity contribution is 5.91. The SMILES string of the molecule is [C-]#[N+]c1ccc2c(cc(C(F)(F)F)n2CC(N)=O)c1C(F)(F)F. The second-order valence-electron chi connectivity index (χ2n) is 4.58. The molecule has 10 heteroatoms. The van der Waals surface area contributed by atoms with Crippen LogP contribution < -0.4 is 5.73 Å². The summed E-state index contributed by atoms with van der Waals surface area (Å²) in [4.78, 5) is 13.7. The van der Waals surface area contributed by atoms with Crippen LogP contribution in [0.4, 0.5) is 32.0 Å². The van der Waals surface area contributed by atoms with Gasteiger partial charge in [-0.15, -0.1) is 0 Å². The van der Waals surface area contributed by atoms with E-state index in [0.29, 0.717) is 4.57 Å². The molecule has 0 aliphatic heterocycles. The first-order chi connectivity index (χ1) is 10.5. The van der Waals surface area contributed by atoms with Crippen molar-refractivity contribution in [2.45, 2.75) is 18.9 Å². The Morgan fingerprint density at radius 3 is 2.22 bits per heavy atom. The summed E-state index contributed by atoms with van der Waals surface area (Å²) in [6.07, 6.45) is -10.0. The van der Waals surface area contributed by atoms with Crippen LogP contribution in [0.3, 0.4) is 0 Å². The van der Waals surface area contributed by atoms with Gasteiger partial charge < -0.3 is 10.3 Å². The normalized spacial score (nSPS) is 12.4. The van der Waals surface area contributed by atoms with Crippen molar-refractivity contribution in [3.05, 3.63) is 40.9 Å². The molecule has 1 aromatic heterocycles. The number of aromatic nitrogens is 1. The molecule has 0 saturated heterocycles. The number of hydrogen-bond donors (Lipinski definition) is 1. The lowest BCUT2D eigenvalue weighted by Gasteiger charge is -2.12. The third-order valence-corrected chi connectivity index (χ3v) is 3.07. The van der Waals surface area contributed by atoms with Crippen LogP contribution in [0.1, 0.15) is 11.3 Å². The van der Waals surface area contributed by atoms with Gasteiger partial charge in [0, 0.05) is 10.9 Å². The summed E-state index contributed by atoms with van der Waals surface area (Å²) in [5.74, 6) is -1.14. The van der Waals surface area contributed by atoms with E-state index in [1.165, 1.54) is 0 Å². The molecule has 0 saturated carbocycles. The molecule has 0 unspecified atom stereocenters. The first-order valence-corrected chi connectivity index (χ1v) is 5.93. The van der Waals surface area contributed by atoms with Crippen molar-refractivity contribution in [3.63, 3.8) is 0 Å². The first-order valence-electron chi connectivity index (χ1n) is 5.93. The number of nitrogens with two attached hydrogens (primary N) is 1. The van der Waals surface area contributed by atoms with Gasteiger partial charge in [0.15, 0.2) is 5.69 Å². The number of halogens is 6. The second-order valence-corrected chi connectivity index (χ2v) is 4.58. The summed E-state index contributed by atoms with van der Waals surface area (Å²) in [6.45, 7) is 5.82. The van der Waals surface area contributed by atoms with Gasteiger partial charge >= 0.3 is 12.4 Å². The minimum atomic E-state index is -5.03. The smallest absolute Gasteiger partial charge is 0.368 e. The summed E-state index contributed by atoms with van der Waals surface area (Å²) < 4.78 is 78.9. The second kappa shape index (κ2) is 5.19. The molecular formula is C13H7F6N3O. The van der Waals surface area contributed by atoms with Crippen molar-refractivity contribution in [2.75, 3.05) is 0 Å². The van der Waals surface area contributed by atoms with Gasteiger partial charge in [-0.2, -0.15) is 26.3 Å². The van der Waals surface area contributed by atoms with Crippen LogP contribution in [0.5, 0.6) is 0 Å². The van der Waals surface area contributed by atoms with Gasteiger partial charge in [-0.1, -0.05) is 6.07 Å². The molecule has 2 aromatic rings. The number of hydrogen-bond acceptors (Lipinski definition) is 1. The summed E-state index contributed by atoms with van der Waals surface area (Å²) in [7, 11) is 0. The molecule has 0 aliphatic rings. The van der Waals surface area contributed by atoms with E-state index in [-0.39, 0.29) is 6.07 Å². The lowest BCUT2D eigenvalue weighted by atomic mass is 10.1. The fourth-order valence-corrected chi connectivity index (χ4v) is 2.28. The summed E-state index contributed by atoms with van der Waals surface area (Å²) in [6, 6.07) is 1.96. The van der Waals surface area contributed by atoms with E-state index in [1.54, 1.807) is 0 Å². The molecule has 2 N–H and O–H groups in total. The molecule has 0 bridgehead atoms. The van der Waals surface area contributed by atoms with Crippen LogP contribution in [0, 0.1) is 6.57 Å². The Hall–Kier alpha value is -2.70. The van der Waals surface area contributed by atoms with Crippen molar-refractivity contribution >= 4 is 22.5 Å². The van der Waals surface area contributed by atoms with Gasteiger partial charge in [-0.25, -0.2) is 4.85 Å². The molecule has 0 fully saturated rings. The summed E-state index contributed by atoms with van der Waals surface area (Å²) in [5, 5.41) is -0.806. The molecule has 4 nitrogen and oxygen atoms in total. The van der Waals surface area contributed by atoms with Crippen molar-refractivity contribution in [3.8, 4) is 0 Å². The van der Waals surface area contributed by atoms with Crippen LogP contribution in [-0.2, 0) is 23.7 Å². The predicted octanol–water partition coefficient (Wildman–Crippen LogP) is 3.71.